The first-order valence-electron chi connectivity index (χ1n) is 8.69. The molecule has 1 saturated heterocycles. The molecule has 1 aliphatic rings. The van der Waals surface area contributed by atoms with E-state index in [9.17, 15) is 8.42 Å². The molecule has 2 aromatic rings. The van der Waals surface area contributed by atoms with Crippen LogP contribution in [0.15, 0.2) is 29.2 Å². The Bertz CT molecular complexity index is 818. The van der Waals surface area contributed by atoms with Crippen LogP contribution < -0.4 is 4.74 Å². The molecule has 2 heterocycles. The van der Waals surface area contributed by atoms with Crippen molar-refractivity contribution in [2.24, 2.45) is 0 Å². The maximum Gasteiger partial charge on any atom is 0.246 e. The first-order chi connectivity index (χ1) is 11.9. The molecule has 3 rings (SSSR count). The van der Waals surface area contributed by atoms with E-state index in [1.807, 2.05) is 12.1 Å². The normalized spacial score (nSPS) is 16.9. The third-order valence-corrected chi connectivity index (χ3v) is 6.83. The van der Waals surface area contributed by atoms with E-state index in [-0.39, 0.29) is 6.10 Å². The molecule has 0 spiro atoms. The van der Waals surface area contributed by atoms with Crippen LogP contribution in [-0.2, 0) is 16.4 Å². The molecule has 0 radical (unpaired) electrons. The fourth-order valence-electron chi connectivity index (χ4n) is 3.27. The van der Waals surface area contributed by atoms with Crippen molar-refractivity contribution >= 4 is 10.0 Å². The Morgan fingerprint density at radius 3 is 2.60 bits per heavy atom. The Morgan fingerprint density at radius 2 is 2.00 bits per heavy atom. The second-order valence-electron chi connectivity index (χ2n) is 6.49. The van der Waals surface area contributed by atoms with Crippen LogP contribution in [0.25, 0.3) is 0 Å². The van der Waals surface area contributed by atoms with E-state index >= 15 is 0 Å². The monoisotopic (exact) mass is 363 g/mol. The van der Waals surface area contributed by atoms with E-state index in [2.05, 4.69) is 29.3 Å². The zero-order valence-electron chi connectivity index (χ0n) is 14.9. The zero-order valence-corrected chi connectivity index (χ0v) is 15.8. The number of benzene rings is 1. The number of nitrogens with one attached hydrogen (secondary N) is 1. The van der Waals surface area contributed by atoms with E-state index in [1.165, 1.54) is 5.56 Å². The second kappa shape index (κ2) is 7.17. The summed E-state index contributed by atoms with van der Waals surface area (Å²) in [5.41, 5.74) is 2.35. The lowest BCUT2D eigenvalue weighted by molar-refractivity contribution is 0.135. The second-order valence-corrected chi connectivity index (χ2v) is 8.36. The predicted molar refractivity (Wildman–Crippen MR) is 96.3 cm³/mol. The average molecular weight is 363 g/mol. The summed E-state index contributed by atoms with van der Waals surface area (Å²) >= 11 is 0. The predicted octanol–water partition coefficient (Wildman–Crippen LogP) is 2.82. The largest absolute Gasteiger partial charge is 0.490 e. The van der Waals surface area contributed by atoms with Crippen LogP contribution >= 0.6 is 0 Å². The van der Waals surface area contributed by atoms with Gasteiger partial charge in [0.1, 0.15) is 16.7 Å². The number of aryl methyl sites for hydroxylation is 3. The number of H-pyrrole nitrogens is 1. The summed E-state index contributed by atoms with van der Waals surface area (Å²) in [4.78, 5) is 0.308. The van der Waals surface area contributed by atoms with Gasteiger partial charge in [-0.25, -0.2) is 8.42 Å². The van der Waals surface area contributed by atoms with Gasteiger partial charge in [0.2, 0.25) is 10.0 Å². The summed E-state index contributed by atoms with van der Waals surface area (Å²) in [5, 5.41) is 6.76. The third kappa shape index (κ3) is 3.72. The van der Waals surface area contributed by atoms with Gasteiger partial charge in [-0.1, -0.05) is 19.1 Å². The Morgan fingerprint density at radius 1 is 1.28 bits per heavy atom. The zero-order chi connectivity index (χ0) is 18.0. The van der Waals surface area contributed by atoms with E-state index in [0.717, 1.165) is 12.2 Å². The molecule has 136 valence electrons. The summed E-state index contributed by atoms with van der Waals surface area (Å²) in [6.07, 6.45) is 2.39. The van der Waals surface area contributed by atoms with Gasteiger partial charge < -0.3 is 4.74 Å². The van der Waals surface area contributed by atoms with E-state index < -0.39 is 10.0 Å². The molecule has 0 amide bonds. The first-order valence-corrected chi connectivity index (χ1v) is 10.1. The van der Waals surface area contributed by atoms with Crippen LogP contribution in [0.1, 0.15) is 36.7 Å². The number of hydrogen-bond acceptors (Lipinski definition) is 4. The highest BCUT2D eigenvalue weighted by molar-refractivity contribution is 7.89. The molecule has 0 aliphatic carbocycles. The fourth-order valence-corrected chi connectivity index (χ4v) is 5.07. The SMILES string of the molecule is CCc1cccc(OC2CCN(S(=O)(=O)c3c(C)n[nH]c3C)CC2)c1. The van der Waals surface area contributed by atoms with Crippen molar-refractivity contribution in [2.45, 2.75) is 51.0 Å². The molecule has 0 atom stereocenters. The van der Waals surface area contributed by atoms with Gasteiger partial charge >= 0.3 is 0 Å². The highest BCUT2D eigenvalue weighted by atomic mass is 32.2. The number of sulfonamides is 1. The molecule has 25 heavy (non-hydrogen) atoms. The molecule has 0 unspecified atom stereocenters. The van der Waals surface area contributed by atoms with Crippen molar-refractivity contribution in [1.82, 2.24) is 14.5 Å². The Balaban J connectivity index is 1.65. The molecule has 6 nitrogen and oxygen atoms in total. The maximum absolute atomic E-state index is 12.9. The number of aromatic nitrogens is 2. The molecule has 7 heteroatoms. The van der Waals surface area contributed by atoms with Gasteiger partial charge in [-0.15, -0.1) is 0 Å². The molecule has 1 fully saturated rings. The minimum Gasteiger partial charge on any atom is -0.490 e. The Hall–Kier alpha value is -1.86. The number of aromatic amines is 1. The number of ether oxygens (including phenoxy) is 1. The number of rotatable bonds is 5. The summed E-state index contributed by atoms with van der Waals surface area (Å²) in [6, 6.07) is 8.09. The van der Waals surface area contributed by atoms with Crippen molar-refractivity contribution in [3.8, 4) is 5.75 Å². The lowest BCUT2D eigenvalue weighted by Crippen LogP contribution is -2.42. The van der Waals surface area contributed by atoms with Crippen LogP contribution in [-0.4, -0.2) is 42.1 Å². The first kappa shape index (κ1) is 17.9. The van der Waals surface area contributed by atoms with Gasteiger partial charge in [-0.2, -0.15) is 9.40 Å². The van der Waals surface area contributed by atoms with Crippen molar-refractivity contribution in [2.75, 3.05) is 13.1 Å². The van der Waals surface area contributed by atoms with E-state index in [4.69, 9.17) is 4.74 Å². The van der Waals surface area contributed by atoms with Crippen molar-refractivity contribution in [1.29, 1.82) is 0 Å². The molecule has 0 bridgehead atoms. The molecule has 0 saturated carbocycles. The van der Waals surface area contributed by atoms with Gasteiger partial charge in [0.25, 0.3) is 0 Å². The molecular weight excluding hydrogens is 338 g/mol. The highest BCUT2D eigenvalue weighted by Gasteiger charge is 2.33. The fraction of sp³-hybridized carbons (Fsp3) is 0.500. The van der Waals surface area contributed by atoms with Crippen LogP contribution in [0.5, 0.6) is 5.75 Å². The minimum absolute atomic E-state index is 0.0464. The van der Waals surface area contributed by atoms with Gasteiger partial charge in [0.15, 0.2) is 0 Å². The van der Waals surface area contributed by atoms with Gasteiger partial charge in [-0.3, -0.25) is 5.10 Å². The Kier molecular flexibility index (Phi) is 5.15. The van der Waals surface area contributed by atoms with E-state index in [1.54, 1.807) is 18.2 Å². The van der Waals surface area contributed by atoms with Gasteiger partial charge in [-0.05, 0) is 50.8 Å². The van der Waals surface area contributed by atoms with Crippen molar-refractivity contribution in [3.63, 3.8) is 0 Å². The summed E-state index contributed by atoms with van der Waals surface area (Å²) in [5.74, 6) is 0.863. The smallest absolute Gasteiger partial charge is 0.246 e. The molecule has 1 aromatic heterocycles. The topological polar surface area (TPSA) is 75.3 Å². The average Bonchev–Trinajstić information content (AvgIpc) is 2.95. The molecular formula is C18H25N3O3S. The van der Waals surface area contributed by atoms with Crippen LogP contribution in [0, 0.1) is 13.8 Å². The quantitative estimate of drug-likeness (QED) is 0.886. The summed E-state index contributed by atoms with van der Waals surface area (Å²) < 4.78 is 33.3. The number of piperidine rings is 1. The molecule has 1 aromatic carbocycles. The van der Waals surface area contributed by atoms with Crippen LogP contribution in [0.4, 0.5) is 0 Å². The Labute approximate surface area is 149 Å². The lowest BCUT2D eigenvalue weighted by Gasteiger charge is -2.31. The van der Waals surface area contributed by atoms with E-state index in [0.29, 0.717) is 42.2 Å². The summed E-state index contributed by atoms with van der Waals surface area (Å²) in [7, 11) is -3.50. The molecule has 1 N–H and O–H groups in total. The van der Waals surface area contributed by atoms with Gasteiger partial charge in [0, 0.05) is 13.1 Å². The number of nitrogens with zero attached hydrogens (tertiary/aromatic N) is 2. The highest BCUT2D eigenvalue weighted by Crippen LogP contribution is 2.26. The minimum atomic E-state index is -3.50. The van der Waals surface area contributed by atoms with Crippen LogP contribution in [0.3, 0.4) is 0 Å². The number of hydrogen-bond donors (Lipinski definition) is 1. The molecule has 1 aliphatic heterocycles. The van der Waals surface area contributed by atoms with Gasteiger partial charge in [0.05, 0.1) is 11.4 Å². The summed E-state index contributed by atoms with van der Waals surface area (Å²) in [6.45, 7) is 6.49. The van der Waals surface area contributed by atoms with Crippen molar-refractivity contribution in [3.05, 3.63) is 41.2 Å². The van der Waals surface area contributed by atoms with Crippen LogP contribution in [0.2, 0.25) is 0 Å². The maximum atomic E-state index is 12.9. The lowest BCUT2D eigenvalue weighted by atomic mass is 10.1. The standard InChI is InChI=1S/C18H25N3O3S/c1-4-15-6-5-7-17(12-15)24-16-8-10-21(11-9-16)25(22,23)18-13(2)19-20-14(18)3/h5-7,12,16H,4,8-11H2,1-3H3,(H,19,20). The third-order valence-electron chi connectivity index (χ3n) is 4.67. The van der Waals surface area contributed by atoms with Crippen molar-refractivity contribution < 1.29 is 13.2 Å².